The van der Waals surface area contributed by atoms with Crippen molar-refractivity contribution in [3.05, 3.63) is 53.6 Å². The largest absolute Gasteiger partial charge is 0.493 e. The standard InChI is InChI=1S/C21H26N2O4/c1-21(2,3)16-7-9-17(10-8-16)27-14-20(24)23-22-13-15-6-11-18(25-4)19(12-15)26-5/h6-13H,14H2,1-5H3,(H,23,24)/b22-13+. The number of nitrogens with zero attached hydrogens (tertiary/aromatic N) is 1. The molecule has 1 N–H and O–H groups in total. The zero-order valence-electron chi connectivity index (χ0n) is 16.4. The first-order valence-corrected chi connectivity index (χ1v) is 8.61. The molecule has 0 unspecified atom stereocenters. The summed E-state index contributed by atoms with van der Waals surface area (Å²) in [6.07, 6.45) is 1.53. The summed E-state index contributed by atoms with van der Waals surface area (Å²) in [5.74, 6) is 1.52. The maximum atomic E-state index is 11.9. The van der Waals surface area contributed by atoms with Gasteiger partial charge in [-0.25, -0.2) is 5.43 Å². The van der Waals surface area contributed by atoms with Crippen LogP contribution in [0, 0.1) is 0 Å². The third-order valence-electron chi connectivity index (χ3n) is 3.90. The summed E-state index contributed by atoms with van der Waals surface area (Å²) < 4.78 is 15.9. The average molecular weight is 370 g/mol. The molecule has 27 heavy (non-hydrogen) atoms. The van der Waals surface area contributed by atoms with E-state index in [1.165, 1.54) is 11.8 Å². The van der Waals surface area contributed by atoms with Crippen LogP contribution in [0.2, 0.25) is 0 Å². The Kier molecular flexibility index (Phi) is 6.82. The highest BCUT2D eigenvalue weighted by Gasteiger charge is 2.13. The Morgan fingerprint density at radius 1 is 1.04 bits per heavy atom. The van der Waals surface area contributed by atoms with Crippen LogP contribution in [0.5, 0.6) is 17.2 Å². The first kappa shape index (κ1) is 20.3. The molecule has 0 aliphatic heterocycles. The lowest BCUT2D eigenvalue weighted by molar-refractivity contribution is -0.123. The fraction of sp³-hybridized carbons (Fsp3) is 0.333. The molecule has 0 aliphatic carbocycles. The molecule has 1 amide bonds. The predicted molar refractivity (Wildman–Crippen MR) is 106 cm³/mol. The molecule has 6 heteroatoms. The summed E-state index contributed by atoms with van der Waals surface area (Å²) >= 11 is 0. The fourth-order valence-electron chi connectivity index (χ4n) is 2.34. The quantitative estimate of drug-likeness (QED) is 0.598. The molecule has 0 saturated carbocycles. The van der Waals surface area contributed by atoms with E-state index < -0.39 is 0 Å². The molecule has 0 spiro atoms. The van der Waals surface area contributed by atoms with Crippen LogP contribution in [0.25, 0.3) is 0 Å². The van der Waals surface area contributed by atoms with Crippen LogP contribution in [-0.4, -0.2) is 32.9 Å². The van der Waals surface area contributed by atoms with Crippen LogP contribution in [0.4, 0.5) is 0 Å². The SMILES string of the molecule is COc1ccc(/C=N/NC(=O)COc2ccc(C(C)(C)C)cc2)cc1OC. The van der Waals surface area contributed by atoms with Crippen LogP contribution in [0.15, 0.2) is 47.6 Å². The number of carbonyl (C=O) groups excluding carboxylic acids is 1. The molecule has 144 valence electrons. The number of hydrogen-bond acceptors (Lipinski definition) is 5. The number of ether oxygens (including phenoxy) is 3. The number of hydrogen-bond donors (Lipinski definition) is 1. The molecular weight excluding hydrogens is 344 g/mol. The second-order valence-electron chi connectivity index (χ2n) is 6.97. The first-order valence-electron chi connectivity index (χ1n) is 8.61. The predicted octanol–water partition coefficient (Wildman–Crippen LogP) is 3.53. The summed E-state index contributed by atoms with van der Waals surface area (Å²) in [5, 5.41) is 3.93. The average Bonchev–Trinajstić information content (AvgIpc) is 2.65. The number of hydrazone groups is 1. The lowest BCUT2D eigenvalue weighted by Crippen LogP contribution is -2.24. The molecule has 0 bridgehead atoms. The van der Waals surface area contributed by atoms with Gasteiger partial charge < -0.3 is 14.2 Å². The molecule has 0 aromatic heterocycles. The first-order chi connectivity index (χ1) is 12.8. The van der Waals surface area contributed by atoms with Gasteiger partial charge in [-0.1, -0.05) is 32.9 Å². The van der Waals surface area contributed by atoms with Crippen molar-refractivity contribution in [3.63, 3.8) is 0 Å². The van der Waals surface area contributed by atoms with Gasteiger partial charge in [0.1, 0.15) is 5.75 Å². The number of nitrogens with one attached hydrogen (secondary N) is 1. The molecule has 2 rings (SSSR count). The van der Waals surface area contributed by atoms with E-state index in [2.05, 4.69) is 31.3 Å². The van der Waals surface area contributed by atoms with Crippen LogP contribution < -0.4 is 19.6 Å². The van der Waals surface area contributed by atoms with Gasteiger partial charge in [-0.05, 0) is 46.9 Å². The van der Waals surface area contributed by atoms with Crippen molar-refractivity contribution >= 4 is 12.1 Å². The van der Waals surface area contributed by atoms with Crippen molar-refractivity contribution in [1.82, 2.24) is 5.43 Å². The lowest BCUT2D eigenvalue weighted by atomic mass is 9.87. The van der Waals surface area contributed by atoms with Crippen molar-refractivity contribution in [2.75, 3.05) is 20.8 Å². The van der Waals surface area contributed by atoms with Gasteiger partial charge in [-0.15, -0.1) is 0 Å². The summed E-state index contributed by atoms with van der Waals surface area (Å²) in [6.45, 7) is 6.32. The third kappa shape index (κ3) is 6.02. The Balaban J connectivity index is 1.85. The van der Waals surface area contributed by atoms with Crippen molar-refractivity contribution < 1.29 is 19.0 Å². The van der Waals surface area contributed by atoms with Gasteiger partial charge in [0.2, 0.25) is 0 Å². The van der Waals surface area contributed by atoms with Crippen LogP contribution in [0.1, 0.15) is 31.9 Å². The van der Waals surface area contributed by atoms with Crippen LogP contribution in [0.3, 0.4) is 0 Å². The molecule has 0 heterocycles. The van der Waals surface area contributed by atoms with E-state index in [4.69, 9.17) is 14.2 Å². The lowest BCUT2D eigenvalue weighted by Gasteiger charge is -2.19. The molecule has 0 radical (unpaired) electrons. The van der Waals surface area contributed by atoms with E-state index in [1.54, 1.807) is 26.4 Å². The maximum Gasteiger partial charge on any atom is 0.277 e. The number of benzene rings is 2. The molecule has 2 aromatic rings. The van der Waals surface area contributed by atoms with Crippen LogP contribution >= 0.6 is 0 Å². The van der Waals surface area contributed by atoms with Gasteiger partial charge in [0.25, 0.3) is 5.91 Å². The van der Waals surface area contributed by atoms with Gasteiger partial charge >= 0.3 is 0 Å². The summed E-state index contributed by atoms with van der Waals surface area (Å²) in [7, 11) is 3.13. The Morgan fingerprint density at radius 3 is 2.30 bits per heavy atom. The summed E-state index contributed by atoms with van der Waals surface area (Å²) in [6, 6.07) is 13.1. The molecule has 2 aromatic carbocycles. The smallest absolute Gasteiger partial charge is 0.277 e. The van der Waals surface area contributed by atoms with E-state index >= 15 is 0 Å². The van der Waals surface area contributed by atoms with E-state index in [9.17, 15) is 4.79 Å². The van der Waals surface area contributed by atoms with E-state index in [-0.39, 0.29) is 17.9 Å². The van der Waals surface area contributed by atoms with Gasteiger partial charge in [0.15, 0.2) is 18.1 Å². The van der Waals surface area contributed by atoms with E-state index in [0.29, 0.717) is 17.2 Å². The van der Waals surface area contributed by atoms with Gasteiger partial charge in [-0.3, -0.25) is 4.79 Å². The number of carbonyl (C=O) groups is 1. The Labute approximate surface area is 160 Å². The molecular formula is C21H26N2O4. The number of methoxy groups -OCH3 is 2. The van der Waals surface area contributed by atoms with E-state index in [0.717, 1.165) is 5.56 Å². The van der Waals surface area contributed by atoms with Crippen LogP contribution in [-0.2, 0) is 10.2 Å². The topological polar surface area (TPSA) is 69.2 Å². The zero-order chi connectivity index (χ0) is 19.9. The number of amides is 1. The second kappa shape index (κ2) is 9.07. The Morgan fingerprint density at radius 2 is 1.70 bits per heavy atom. The zero-order valence-corrected chi connectivity index (χ0v) is 16.4. The van der Waals surface area contributed by atoms with Crippen molar-refractivity contribution in [2.24, 2.45) is 5.10 Å². The van der Waals surface area contributed by atoms with Crippen molar-refractivity contribution in [3.8, 4) is 17.2 Å². The fourth-order valence-corrected chi connectivity index (χ4v) is 2.34. The summed E-state index contributed by atoms with van der Waals surface area (Å²) in [4.78, 5) is 11.9. The van der Waals surface area contributed by atoms with Crippen molar-refractivity contribution in [1.29, 1.82) is 0 Å². The highest BCUT2D eigenvalue weighted by atomic mass is 16.5. The highest BCUT2D eigenvalue weighted by molar-refractivity contribution is 5.83. The molecule has 0 aliphatic rings. The van der Waals surface area contributed by atoms with Gasteiger partial charge in [0, 0.05) is 0 Å². The molecule has 0 fully saturated rings. The van der Waals surface area contributed by atoms with Crippen molar-refractivity contribution in [2.45, 2.75) is 26.2 Å². The van der Waals surface area contributed by atoms with Gasteiger partial charge in [0.05, 0.1) is 20.4 Å². The minimum Gasteiger partial charge on any atom is -0.493 e. The molecule has 6 nitrogen and oxygen atoms in total. The minimum atomic E-state index is -0.341. The third-order valence-corrected chi connectivity index (χ3v) is 3.90. The monoisotopic (exact) mass is 370 g/mol. The molecule has 0 atom stereocenters. The normalized spacial score (nSPS) is 11.3. The van der Waals surface area contributed by atoms with Gasteiger partial charge in [-0.2, -0.15) is 5.10 Å². The number of rotatable bonds is 7. The van der Waals surface area contributed by atoms with E-state index in [1.807, 2.05) is 30.3 Å². The second-order valence-corrected chi connectivity index (χ2v) is 6.97. The summed E-state index contributed by atoms with van der Waals surface area (Å²) in [5.41, 5.74) is 4.49. The maximum absolute atomic E-state index is 11.9. The highest BCUT2D eigenvalue weighted by Crippen LogP contribution is 2.27. The Bertz CT molecular complexity index is 793. The Hall–Kier alpha value is -3.02. The molecule has 0 saturated heterocycles. The minimum absolute atomic E-state index is 0.0781.